The maximum atomic E-state index is 11.4. The minimum absolute atomic E-state index is 0. The van der Waals surface area contributed by atoms with Crippen LogP contribution < -0.4 is 11.1 Å². The van der Waals surface area contributed by atoms with E-state index in [0.717, 1.165) is 23.0 Å². The molecule has 1 aromatic heterocycles. The number of halogens is 2. The van der Waals surface area contributed by atoms with E-state index in [-0.39, 0.29) is 18.3 Å². The first-order valence-corrected chi connectivity index (χ1v) is 7.04. The van der Waals surface area contributed by atoms with Crippen LogP contribution in [-0.2, 0) is 11.2 Å². The van der Waals surface area contributed by atoms with E-state index in [1.54, 1.807) is 11.3 Å². The number of hydrogen-bond acceptors (Lipinski definition) is 3. The second kappa shape index (κ2) is 9.88. The summed E-state index contributed by atoms with van der Waals surface area (Å²) in [4.78, 5) is 12.7. The summed E-state index contributed by atoms with van der Waals surface area (Å²) in [6, 6.07) is 4.14. The molecule has 0 atom stereocenters. The zero-order chi connectivity index (χ0) is 11.8. The number of hydrogen-bond donors (Lipinski definition) is 2. The molecule has 0 bridgehead atoms. The van der Waals surface area contributed by atoms with Crippen LogP contribution in [0.25, 0.3) is 0 Å². The Labute approximate surface area is 121 Å². The quantitative estimate of drug-likeness (QED) is 0.749. The molecular formula is C11H18BrClN2OS. The number of nitrogens with one attached hydrogen (secondary N) is 1. The first kappa shape index (κ1) is 16.9. The summed E-state index contributed by atoms with van der Waals surface area (Å²) in [5, 5.41) is 2.85. The third-order valence-corrected chi connectivity index (χ3v) is 3.84. The Balaban J connectivity index is 0.00000256. The number of nitrogens with two attached hydrogens (primary N) is 1. The SMILES string of the molecule is Cl.NCCCNC(=O)CCCc1ccc(Br)s1. The summed E-state index contributed by atoms with van der Waals surface area (Å²) in [5.41, 5.74) is 5.34. The van der Waals surface area contributed by atoms with E-state index in [1.807, 2.05) is 6.07 Å². The number of carbonyl (C=O) groups excluding carboxylic acids is 1. The number of thiophene rings is 1. The van der Waals surface area contributed by atoms with Crippen molar-refractivity contribution in [2.45, 2.75) is 25.7 Å². The molecule has 0 aliphatic heterocycles. The van der Waals surface area contributed by atoms with E-state index in [2.05, 4.69) is 27.3 Å². The third kappa shape index (κ3) is 7.76. The Kier molecular flexibility index (Phi) is 9.82. The zero-order valence-corrected chi connectivity index (χ0v) is 12.8. The largest absolute Gasteiger partial charge is 0.356 e. The first-order valence-electron chi connectivity index (χ1n) is 5.43. The van der Waals surface area contributed by atoms with Crippen LogP contribution in [-0.4, -0.2) is 19.0 Å². The second-order valence-electron chi connectivity index (χ2n) is 3.55. The summed E-state index contributed by atoms with van der Waals surface area (Å²) in [6.45, 7) is 1.32. The fraction of sp³-hybridized carbons (Fsp3) is 0.545. The predicted molar refractivity (Wildman–Crippen MR) is 78.9 cm³/mol. The van der Waals surface area contributed by atoms with Crippen LogP contribution in [0.5, 0.6) is 0 Å². The molecule has 0 spiro atoms. The summed E-state index contributed by atoms with van der Waals surface area (Å²) < 4.78 is 1.15. The van der Waals surface area contributed by atoms with Gasteiger partial charge in [0.15, 0.2) is 0 Å². The molecular weight excluding hydrogens is 324 g/mol. The standard InChI is InChI=1S/C11H17BrN2OS.ClH/c12-10-6-5-9(16-10)3-1-4-11(15)14-8-2-7-13;/h5-6H,1-4,7-8,13H2,(H,14,15);1H. The molecule has 3 nitrogen and oxygen atoms in total. The molecule has 0 aromatic carbocycles. The molecule has 3 N–H and O–H groups in total. The Morgan fingerprint density at radius 1 is 1.41 bits per heavy atom. The van der Waals surface area contributed by atoms with E-state index in [0.29, 0.717) is 19.5 Å². The van der Waals surface area contributed by atoms with Crippen LogP contribution in [0.1, 0.15) is 24.1 Å². The van der Waals surface area contributed by atoms with Crippen molar-refractivity contribution in [2.75, 3.05) is 13.1 Å². The highest BCUT2D eigenvalue weighted by Crippen LogP contribution is 2.23. The Hall–Kier alpha value is -0.100. The van der Waals surface area contributed by atoms with E-state index in [1.165, 1.54) is 4.88 Å². The van der Waals surface area contributed by atoms with Crippen molar-refractivity contribution in [2.24, 2.45) is 5.73 Å². The highest BCUT2D eigenvalue weighted by atomic mass is 79.9. The van der Waals surface area contributed by atoms with Gasteiger partial charge in [0.2, 0.25) is 5.91 Å². The lowest BCUT2D eigenvalue weighted by atomic mass is 10.2. The van der Waals surface area contributed by atoms with Gasteiger partial charge in [0.25, 0.3) is 0 Å². The number of amides is 1. The van der Waals surface area contributed by atoms with E-state index in [4.69, 9.17) is 5.73 Å². The van der Waals surface area contributed by atoms with Gasteiger partial charge in [-0.25, -0.2) is 0 Å². The van der Waals surface area contributed by atoms with E-state index < -0.39 is 0 Å². The van der Waals surface area contributed by atoms with Gasteiger partial charge in [0, 0.05) is 17.8 Å². The van der Waals surface area contributed by atoms with Crippen molar-refractivity contribution in [1.82, 2.24) is 5.32 Å². The highest BCUT2D eigenvalue weighted by molar-refractivity contribution is 9.11. The molecule has 0 saturated carbocycles. The smallest absolute Gasteiger partial charge is 0.220 e. The minimum atomic E-state index is 0. The van der Waals surface area contributed by atoms with Crippen LogP contribution in [0.15, 0.2) is 15.9 Å². The second-order valence-corrected chi connectivity index (χ2v) is 6.10. The van der Waals surface area contributed by atoms with Crippen molar-refractivity contribution in [3.05, 3.63) is 20.8 Å². The normalized spacial score (nSPS) is 9.76. The molecule has 1 rings (SSSR count). The van der Waals surface area contributed by atoms with Crippen molar-refractivity contribution in [1.29, 1.82) is 0 Å². The average Bonchev–Trinajstić information content (AvgIpc) is 2.65. The summed E-state index contributed by atoms with van der Waals surface area (Å²) in [6.07, 6.45) is 3.33. The first-order chi connectivity index (χ1) is 7.72. The van der Waals surface area contributed by atoms with Gasteiger partial charge in [-0.3, -0.25) is 4.79 Å². The topological polar surface area (TPSA) is 55.1 Å². The highest BCUT2D eigenvalue weighted by Gasteiger charge is 2.02. The van der Waals surface area contributed by atoms with Crippen molar-refractivity contribution < 1.29 is 4.79 Å². The number of carbonyl (C=O) groups is 1. The van der Waals surface area contributed by atoms with Gasteiger partial charge in [0.1, 0.15) is 0 Å². The third-order valence-electron chi connectivity index (χ3n) is 2.16. The average molecular weight is 342 g/mol. The minimum Gasteiger partial charge on any atom is -0.356 e. The van der Waals surface area contributed by atoms with Crippen molar-refractivity contribution >= 4 is 45.6 Å². The maximum absolute atomic E-state index is 11.4. The molecule has 0 radical (unpaired) electrons. The molecule has 98 valence electrons. The summed E-state index contributed by atoms with van der Waals surface area (Å²) in [7, 11) is 0. The maximum Gasteiger partial charge on any atom is 0.220 e. The number of aryl methyl sites for hydroxylation is 1. The van der Waals surface area contributed by atoms with Crippen LogP contribution in [0.3, 0.4) is 0 Å². The summed E-state index contributed by atoms with van der Waals surface area (Å²) in [5.74, 6) is 0.129. The predicted octanol–water partition coefficient (Wildman–Crippen LogP) is 2.72. The van der Waals surface area contributed by atoms with Gasteiger partial charge in [-0.15, -0.1) is 23.7 Å². The van der Waals surface area contributed by atoms with E-state index in [9.17, 15) is 4.79 Å². The molecule has 0 aliphatic rings. The summed E-state index contributed by atoms with van der Waals surface area (Å²) >= 11 is 5.15. The Bertz CT molecular complexity index is 333. The molecule has 0 fully saturated rings. The number of rotatable bonds is 7. The zero-order valence-electron chi connectivity index (χ0n) is 9.58. The van der Waals surface area contributed by atoms with Crippen molar-refractivity contribution in [3.8, 4) is 0 Å². The van der Waals surface area contributed by atoms with Gasteiger partial charge < -0.3 is 11.1 Å². The molecule has 17 heavy (non-hydrogen) atoms. The lowest BCUT2D eigenvalue weighted by molar-refractivity contribution is -0.121. The molecule has 6 heteroatoms. The lowest BCUT2D eigenvalue weighted by Crippen LogP contribution is -2.25. The van der Waals surface area contributed by atoms with Gasteiger partial charge in [-0.1, -0.05) is 0 Å². The fourth-order valence-electron chi connectivity index (χ4n) is 1.33. The molecule has 0 saturated heterocycles. The molecule has 1 aromatic rings. The van der Waals surface area contributed by atoms with Crippen LogP contribution in [0.2, 0.25) is 0 Å². The van der Waals surface area contributed by atoms with Gasteiger partial charge >= 0.3 is 0 Å². The molecule has 1 amide bonds. The fourth-order valence-corrected chi connectivity index (χ4v) is 2.85. The van der Waals surface area contributed by atoms with E-state index >= 15 is 0 Å². The van der Waals surface area contributed by atoms with Crippen molar-refractivity contribution in [3.63, 3.8) is 0 Å². The van der Waals surface area contributed by atoms with Gasteiger partial charge in [-0.05, 0) is 53.9 Å². The van der Waals surface area contributed by atoms with Crippen LogP contribution in [0, 0.1) is 0 Å². The van der Waals surface area contributed by atoms with Gasteiger partial charge in [-0.2, -0.15) is 0 Å². The monoisotopic (exact) mass is 340 g/mol. The van der Waals surface area contributed by atoms with Crippen LogP contribution >= 0.6 is 39.7 Å². The van der Waals surface area contributed by atoms with Crippen LogP contribution in [0.4, 0.5) is 0 Å². The Morgan fingerprint density at radius 3 is 2.76 bits per heavy atom. The molecule has 0 aliphatic carbocycles. The molecule has 0 unspecified atom stereocenters. The molecule has 1 heterocycles. The Morgan fingerprint density at radius 2 is 2.18 bits per heavy atom. The lowest BCUT2D eigenvalue weighted by Gasteiger charge is -2.03. The van der Waals surface area contributed by atoms with Gasteiger partial charge in [0.05, 0.1) is 3.79 Å².